The number of anilines is 1. The van der Waals surface area contributed by atoms with E-state index in [4.69, 9.17) is 0 Å². The summed E-state index contributed by atoms with van der Waals surface area (Å²) in [5.74, 6) is -0.685. The number of nitrogens with zero attached hydrogens (tertiary/aromatic N) is 4. The number of nitro benzene ring substituents is 1. The minimum absolute atomic E-state index is 0.168. The summed E-state index contributed by atoms with van der Waals surface area (Å²) in [7, 11) is 0. The average Bonchev–Trinajstić information content (AvgIpc) is 2.85. The summed E-state index contributed by atoms with van der Waals surface area (Å²) in [5, 5.41) is 27.3. The largest absolute Gasteiger partial charge is 0.324 e. The number of benzene rings is 1. The Morgan fingerprint density at radius 3 is 2.28 bits per heavy atom. The molecule has 0 aliphatic rings. The molecule has 2 aromatic rings. The monoisotopic (exact) mass is 355 g/mol. The highest BCUT2D eigenvalue weighted by Gasteiger charge is 2.31. The van der Waals surface area contributed by atoms with E-state index in [2.05, 4.69) is 10.4 Å². The second kappa shape index (κ2) is 6.98. The van der Waals surface area contributed by atoms with Gasteiger partial charge in [0.15, 0.2) is 0 Å². The molecule has 0 saturated heterocycles. The maximum atomic E-state index is 12.8. The average molecular weight is 355 g/mol. The van der Waals surface area contributed by atoms with Crippen molar-refractivity contribution in [2.24, 2.45) is 0 Å². The molecule has 0 saturated carbocycles. The molecule has 1 amide bonds. The third-order valence-corrected chi connectivity index (χ3v) is 3.25. The fourth-order valence-corrected chi connectivity index (χ4v) is 2.09. The van der Waals surface area contributed by atoms with E-state index in [1.807, 2.05) is 0 Å². The fourth-order valence-electron chi connectivity index (χ4n) is 2.09. The molecular weight excluding hydrogens is 344 g/mol. The van der Waals surface area contributed by atoms with Gasteiger partial charge in [0.05, 0.1) is 9.85 Å². The molecule has 0 fully saturated rings. The molecule has 10 nitrogen and oxygen atoms in total. The minimum Gasteiger partial charge on any atom is -0.324 e. The predicted molar refractivity (Wildman–Crippen MR) is 80.3 cm³/mol. The number of hydrogen-bond donors (Lipinski definition) is 1. The number of carbonyl (C=O) groups is 1. The lowest BCUT2D eigenvalue weighted by Gasteiger charge is -2.06. The second-order valence-electron chi connectivity index (χ2n) is 4.89. The molecule has 12 heteroatoms. The van der Waals surface area contributed by atoms with E-state index in [-0.39, 0.29) is 17.1 Å². The van der Waals surface area contributed by atoms with Gasteiger partial charge in [-0.2, -0.15) is 5.10 Å². The first-order valence-electron chi connectivity index (χ1n) is 6.75. The highest BCUT2D eigenvalue weighted by atomic mass is 19.3. The van der Waals surface area contributed by atoms with Crippen molar-refractivity contribution in [3.05, 3.63) is 55.9 Å². The number of carbonyl (C=O) groups excluding carboxylic acids is 1. The van der Waals surface area contributed by atoms with Gasteiger partial charge in [0.2, 0.25) is 11.6 Å². The summed E-state index contributed by atoms with van der Waals surface area (Å²) in [5.41, 5.74) is -1.95. The zero-order valence-electron chi connectivity index (χ0n) is 12.7. The molecule has 0 atom stereocenters. The van der Waals surface area contributed by atoms with Crippen LogP contribution in [0.25, 0.3) is 0 Å². The number of aromatic nitrogens is 2. The third-order valence-electron chi connectivity index (χ3n) is 3.25. The van der Waals surface area contributed by atoms with Crippen molar-refractivity contribution in [1.29, 1.82) is 0 Å². The zero-order chi connectivity index (χ0) is 18.7. The molecule has 1 aromatic heterocycles. The van der Waals surface area contributed by atoms with Gasteiger partial charge in [-0.25, -0.2) is 8.78 Å². The van der Waals surface area contributed by atoms with E-state index in [0.29, 0.717) is 0 Å². The summed E-state index contributed by atoms with van der Waals surface area (Å²) in [6.45, 7) is 0.673. The fraction of sp³-hybridized carbons (Fsp3) is 0.231. The highest BCUT2D eigenvalue weighted by molar-refractivity contribution is 5.90. The predicted octanol–water partition coefficient (Wildman–Crippen LogP) is 2.58. The van der Waals surface area contributed by atoms with Crippen LogP contribution in [0.1, 0.15) is 17.8 Å². The van der Waals surface area contributed by atoms with Crippen LogP contribution in [0.15, 0.2) is 24.3 Å². The van der Waals surface area contributed by atoms with Crippen molar-refractivity contribution in [3.63, 3.8) is 0 Å². The molecule has 0 aliphatic carbocycles. The van der Waals surface area contributed by atoms with Crippen LogP contribution in [0, 0.1) is 27.2 Å². The first-order valence-corrected chi connectivity index (χ1v) is 6.75. The van der Waals surface area contributed by atoms with Gasteiger partial charge in [-0.15, -0.1) is 0 Å². The van der Waals surface area contributed by atoms with Crippen LogP contribution in [0.4, 0.5) is 25.8 Å². The summed E-state index contributed by atoms with van der Waals surface area (Å²) in [6, 6.07) is 4.93. The molecule has 1 heterocycles. The van der Waals surface area contributed by atoms with Gasteiger partial charge >= 0.3 is 5.69 Å². The standard InChI is InChI=1S/C13H11F2N5O5/c1-7-12(20(24)25)11(13(14)15)17-18(7)6-10(21)16-8-2-4-9(5-3-8)19(22)23/h2-5,13H,6H2,1H3,(H,16,21). The number of nitrogens with one attached hydrogen (secondary N) is 1. The van der Waals surface area contributed by atoms with Crippen LogP contribution < -0.4 is 5.32 Å². The van der Waals surface area contributed by atoms with Gasteiger partial charge in [0, 0.05) is 17.8 Å². The van der Waals surface area contributed by atoms with Crippen LogP contribution in [0.3, 0.4) is 0 Å². The smallest absolute Gasteiger partial charge is 0.319 e. The van der Waals surface area contributed by atoms with Crippen LogP contribution >= 0.6 is 0 Å². The molecule has 0 aliphatic heterocycles. The number of amides is 1. The zero-order valence-corrected chi connectivity index (χ0v) is 12.7. The second-order valence-corrected chi connectivity index (χ2v) is 4.89. The summed E-state index contributed by atoms with van der Waals surface area (Å²) < 4.78 is 26.5. The van der Waals surface area contributed by atoms with Crippen molar-refractivity contribution in [1.82, 2.24) is 9.78 Å². The number of halogens is 2. The lowest BCUT2D eigenvalue weighted by Crippen LogP contribution is -2.20. The van der Waals surface area contributed by atoms with Gasteiger partial charge in [-0.1, -0.05) is 0 Å². The summed E-state index contributed by atoms with van der Waals surface area (Å²) >= 11 is 0. The topological polar surface area (TPSA) is 133 Å². The first-order chi connectivity index (χ1) is 11.7. The third kappa shape index (κ3) is 3.91. The Kier molecular flexibility index (Phi) is 5.00. The van der Waals surface area contributed by atoms with Gasteiger partial charge < -0.3 is 5.32 Å². The van der Waals surface area contributed by atoms with E-state index in [0.717, 1.165) is 4.68 Å². The Morgan fingerprint density at radius 2 is 1.84 bits per heavy atom. The molecule has 132 valence electrons. The van der Waals surface area contributed by atoms with Crippen LogP contribution in [0.2, 0.25) is 0 Å². The Balaban J connectivity index is 2.16. The van der Waals surface area contributed by atoms with Crippen LogP contribution in [0.5, 0.6) is 0 Å². The van der Waals surface area contributed by atoms with Crippen molar-refractivity contribution >= 4 is 23.0 Å². The molecule has 2 rings (SSSR count). The minimum atomic E-state index is -3.15. The molecule has 0 unspecified atom stereocenters. The van der Waals surface area contributed by atoms with Gasteiger partial charge in [-0.3, -0.25) is 29.7 Å². The molecule has 0 bridgehead atoms. The van der Waals surface area contributed by atoms with E-state index in [1.165, 1.54) is 31.2 Å². The Morgan fingerprint density at radius 1 is 1.24 bits per heavy atom. The highest BCUT2D eigenvalue weighted by Crippen LogP contribution is 2.30. The molecule has 0 radical (unpaired) electrons. The van der Waals surface area contributed by atoms with Crippen LogP contribution in [-0.4, -0.2) is 25.5 Å². The SMILES string of the molecule is Cc1c([N+](=O)[O-])c(C(F)F)nn1CC(=O)Nc1ccc([N+](=O)[O-])cc1. The molecule has 0 spiro atoms. The van der Waals surface area contributed by atoms with Gasteiger partial charge in [0.25, 0.3) is 12.1 Å². The maximum Gasteiger partial charge on any atom is 0.319 e. The summed E-state index contributed by atoms with van der Waals surface area (Å²) in [6.07, 6.45) is -3.15. The number of hydrogen-bond acceptors (Lipinski definition) is 6. The normalized spacial score (nSPS) is 10.7. The maximum absolute atomic E-state index is 12.8. The summed E-state index contributed by atoms with van der Waals surface area (Å²) in [4.78, 5) is 31.8. The van der Waals surface area contributed by atoms with Crippen molar-refractivity contribution < 1.29 is 23.4 Å². The Hall–Kier alpha value is -3.44. The number of non-ortho nitro benzene ring substituents is 1. The molecule has 1 N–H and O–H groups in total. The molecular formula is C13H11F2N5O5. The van der Waals surface area contributed by atoms with Crippen molar-refractivity contribution in [2.45, 2.75) is 19.9 Å². The van der Waals surface area contributed by atoms with Gasteiger partial charge in [-0.05, 0) is 19.1 Å². The van der Waals surface area contributed by atoms with Crippen molar-refractivity contribution in [2.75, 3.05) is 5.32 Å². The lowest BCUT2D eigenvalue weighted by atomic mass is 10.3. The van der Waals surface area contributed by atoms with Crippen LogP contribution in [-0.2, 0) is 11.3 Å². The number of alkyl halides is 2. The quantitative estimate of drug-likeness (QED) is 0.625. The molecule has 1 aromatic carbocycles. The van der Waals surface area contributed by atoms with Crippen molar-refractivity contribution in [3.8, 4) is 0 Å². The van der Waals surface area contributed by atoms with E-state index in [1.54, 1.807) is 0 Å². The van der Waals surface area contributed by atoms with E-state index in [9.17, 15) is 33.8 Å². The van der Waals surface area contributed by atoms with Gasteiger partial charge in [0.1, 0.15) is 12.2 Å². The Labute approximate surface area is 138 Å². The Bertz CT molecular complexity index is 834. The lowest BCUT2D eigenvalue weighted by molar-refractivity contribution is -0.386. The molecule has 25 heavy (non-hydrogen) atoms. The van der Waals surface area contributed by atoms with E-state index >= 15 is 0 Å². The number of nitro groups is 2. The van der Waals surface area contributed by atoms with E-state index < -0.39 is 40.1 Å². The number of rotatable bonds is 6. The first kappa shape index (κ1) is 17.9.